The molecule has 0 spiro atoms. The van der Waals surface area contributed by atoms with E-state index in [2.05, 4.69) is 5.32 Å². The number of nitrogens with zero attached hydrogens (tertiary/aromatic N) is 1. The van der Waals surface area contributed by atoms with E-state index in [4.69, 9.17) is 0 Å². The third-order valence-corrected chi connectivity index (χ3v) is 5.15. The molecule has 0 aromatic carbocycles. The zero-order valence-electron chi connectivity index (χ0n) is 11.2. The van der Waals surface area contributed by atoms with Crippen molar-refractivity contribution < 1.29 is 14.7 Å². The highest BCUT2D eigenvalue weighted by Gasteiger charge is 2.50. The topological polar surface area (TPSA) is 69.6 Å². The zero-order valence-corrected chi connectivity index (χ0v) is 11.2. The van der Waals surface area contributed by atoms with Crippen molar-refractivity contribution in [3.05, 3.63) is 0 Å². The van der Waals surface area contributed by atoms with Gasteiger partial charge in [0.25, 0.3) is 0 Å². The van der Waals surface area contributed by atoms with Gasteiger partial charge in [-0.25, -0.2) is 0 Å². The minimum absolute atomic E-state index is 0.00260. The fraction of sp³-hybridized carbons (Fsp3) is 0.857. The summed E-state index contributed by atoms with van der Waals surface area (Å²) in [5.74, 6) is -0.0766. The standard InChI is InChI=1S/C14H22N2O3/c17-11(16-5-1-2-6-16)8-15-13-10-4-3-9(7-10)12(13)14(18)19/h9-10,12-13,15H,1-8H2,(H,18,19). The predicted octanol–water partition coefficient (Wildman–Crippen LogP) is 0.698. The van der Waals surface area contributed by atoms with Crippen molar-refractivity contribution in [2.75, 3.05) is 19.6 Å². The molecule has 1 amide bonds. The van der Waals surface area contributed by atoms with Crippen molar-refractivity contribution in [2.24, 2.45) is 17.8 Å². The molecule has 2 saturated carbocycles. The molecule has 1 aliphatic heterocycles. The number of nitrogens with one attached hydrogen (secondary N) is 1. The highest BCUT2D eigenvalue weighted by atomic mass is 16.4. The lowest BCUT2D eigenvalue weighted by Gasteiger charge is -2.29. The summed E-state index contributed by atoms with van der Waals surface area (Å²) >= 11 is 0. The Balaban J connectivity index is 1.56. The first kappa shape index (κ1) is 12.9. The van der Waals surface area contributed by atoms with Crippen molar-refractivity contribution in [3.63, 3.8) is 0 Å². The van der Waals surface area contributed by atoms with E-state index in [1.807, 2.05) is 4.90 Å². The fourth-order valence-electron chi connectivity index (χ4n) is 4.22. The van der Waals surface area contributed by atoms with Gasteiger partial charge >= 0.3 is 5.97 Å². The maximum Gasteiger partial charge on any atom is 0.308 e. The third kappa shape index (κ3) is 2.36. The van der Waals surface area contributed by atoms with Gasteiger partial charge in [-0.1, -0.05) is 0 Å². The van der Waals surface area contributed by atoms with Crippen LogP contribution in [0.15, 0.2) is 0 Å². The molecule has 2 aliphatic carbocycles. The van der Waals surface area contributed by atoms with E-state index >= 15 is 0 Å². The van der Waals surface area contributed by atoms with Gasteiger partial charge < -0.3 is 15.3 Å². The maximum absolute atomic E-state index is 12.0. The fourth-order valence-corrected chi connectivity index (χ4v) is 4.22. The molecule has 4 atom stereocenters. The second kappa shape index (κ2) is 5.12. The summed E-state index contributed by atoms with van der Waals surface area (Å²) in [5, 5.41) is 12.6. The number of carboxylic acid groups (broad SMARTS) is 1. The number of carbonyl (C=O) groups is 2. The Morgan fingerprint density at radius 3 is 2.53 bits per heavy atom. The van der Waals surface area contributed by atoms with Crippen LogP contribution < -0.4 is 5.32 Å². The van der Waals surface area contributed by atoms with Crippen LogP contribution >= 0.6 is 0 Å². The van der Waals surface area contributed by atoms with Gasteiger partial charge in [0.1, 0.15) is 0 Å². The van der Waals surface area contributed by atoms with Gasteiger partial charge in [-0.2, -0.15) is 0 Å². The molecule has 0 radical (unpaired) electrons. The van der Waals surface area contributed by atoms with Gasteiger partial charge in [0.2, 0.25) is 5.91 Å². The van der Waals surface area contributed by atoms with E-state index in [0.29, 0.717) is 18.4 Å². The van der Waals surface area contributed by atoms with Crippen LogP contribution in [0.4, 0.5) is 0 Å². The van der Waals surface area contributed by atoms with Crippen molar-refractivity contribution in [1.29, 1.82) is 0 Å². The summed E-state index contributed by atoms with van der Waals surface area (Å²) < 4.78 is 0. The molecule has 0 aromatic rings. The van der Waals surface area contributed by atoms with Gasteiger partial charge in [-0.05, 0) is 43.9 Å². The zero-order chi connectivity index (χ0) is 13.4. The Morgan fingerprint density at radius 2 is 1.84 bits per heavy atom. The molecule has 1 heterocycles. The summed E-state index contributed by atoms with van der Waals surface area (Å²) in [4.78, 5) is 25.3. The van der Waals surface area contributed by atoms with Gasteiger partial charge in [0.15, 0.2) is 0 Å². The highest BCUT2D eigenvalue weighted by molar-refractivity contribution is 5.79. The molecule has 2 bridgehead atoms. The summed E-state index contributed by atoms with van der Waals surface area (Å²) in [7, 11) is 0. The van der Waals surface area contributed by atoms with Crippen molar-refractivity contribution in [2.45, 2.75) is 38.1 Å². The lowest BCUT2D eigenvalue weighted by Crippen LogP contribution is -2.48. The van der Waals surface area contributed by atoms with E-state index in [1.54, 1.807) is 0 Å². The lowest BCUT2D eigenvalue weighted by atomic mass is 9.84. The number of fused-ring (bicyclic) bond motifs is 2. The predicted molar refractivity (Wildman–Crippen MR) is 69.6 cm³/mol. The molecule has 1 saturated heterocycles. The normalized spacial score (nSPS) is 36.9. The molecule has 19 heavy (non-hydrogen) atoms. The molecular weight excluding hydrogens is 244 g/mol. The Bertz CT molecular complexity index is 379. The number of carbonyl (C=O) groups excluding carboxylic acids is 1. The Morgan fingerprint density at radius 1 is 1.16 bits per heavy atom. The maximum atomic E-state index is 12.0. The number of amides is 1. The highest BCUT2D eigenvalue weighted by Crippen LogP contribution is 2.48. The van der Waals surface area contributed by atoms with Crippen LogP contribution in [0.3, 0.4) is 0 Å². The first-order valence-corrected chi connectivity index (χ1v) is 7.41. The number of hydrogen-bond donors (Lipinski definition) is 2. The van der Waals surface area contributed by atoms with Crippen molar-refractivity contribution in [3.8, 4) is 0 Å². The van der Waals surface area contributed by atoms with E-state index in [9.17, 15) is 14.7 Å². The first-order valence-electron chi connectivity index (χ1n) is 7.41. The van der Waals surface area contributed by atoms with Crippen LogP contribution in [0.25, 0.3) is 0 Å². The Kier molecular flexibility index (Phi) is 3.48. The smallest absolute Gasteiger partial charge is 0.308 e. The van der Waals surface area contributed by atoms with Crippen LogP contribution in [-0.4, -0.2) is 47.6 Å². The quantitative estimate of drug-likeness (QED) is 0.786. The molecule has 3 aliphatic rings. The van der Waals surface area contributed by atoms with Gasteiger partial charge in [-0.15, -0.1) is 0 Å². The van der Waals surface area contributed by atoms with Gasteiger partial charge in [0.05, 0.1) is 12.5 Å². The second-order valence-electron chi connectivity index (χ2n) is 6.19. The number of hydrogen-bond acceptors (Lipinski definition) is 3. The third-order valence-electron chi connectivity index (χ3n) is 5.15. The largest absolute Gasteiger partial charge is 0.481 e. The number of aliphatic carboxylic acids is 1. The average molecular weight is 266 g/mol. The van der Waals surface area contributed by atoms with Crippen molar-refractivity contribution in [1.82, 2.24) is 10.2 Å². The van der Waals surface area contributed by atoms with E-state index in [0.717, 1.165) is 45.2 Å². The molecule has 2 N–H and O–H groups in total. The Labute approximate surface area is 113 Å². The van der Waals surface area contributed by atoms with Gasteiger partial charge in [0, 0.05) is 19.1 Å². The van der Waals surface area contributed by atoms with E-state index in [1.165, 1.54) is 0 Å². The second-order valence-corrected chi connectivity index (χ2v) is 6.19. The molecule has 5 heteroatoms. The molecule has 5 nitrogen and oxygen atoms in total. The van der Waals surface area contributed by atoms with E-state index in [-0.39, 0.29) is 17.9 Å². The van der Waals surface area contributed by atoms with Crippen molar-refractivity contribution >= 4 is 11.9 Å². The number of rotatable bonds is 4. The van der Waals surface area contributed by atoms with Crippen LogP contribution in [0.5, 0.6) is 0 Å². The molecule has 3 rings (SSSR count). The summed E-state index contributed by atoms with van der Waals surface area (Å²) in [6.07, 6.45) is 5.37. The SMILES string of the molecule is O=C(O)C1C2CCC(C2)C1NCC(=O)N1CCCC1. The van der Waals surface area contributed by atoms with Crippen LogP contribution in [0.2, 0.25) is 0 Å². The Hall–Kier alpha value is -1.10. The number of carboxylic acids is 1. The van der Waals surface area contributed by atoms with Crippen LogP contribution in [0.1, 0.15) is 32.1 Å². The molecular formula is C14H22N2O3. The summed E-state index contributed by atoms with van der Waals surface area (Å²) in [5.41, 5.74) is 0. The minimum Gasteiger partial charge on any atom is -0.481 e. The first-order chi connectivity index (χ1) is 9.16. The van der Waals surface area contributed by atoms with Gasteiger partial charge in [-0.3, -0.25) is 9.59 Å². The molecule has 4 unspecified atom stereocenters. The van der Waals surface area contributed by atoms with Crippen LogP contribution in [0, 0.1) is 17.8 Å². The average Bonchev–Trinajstić information content (AvgIpc) is 3.09. The molecule has 0 aromatic heterocycles. The van der Waals surface area contributed by atoms with Crippen LogP contribution in [-0.2, 0) is 9.59 Å². The lowest BCUT2D eigenvalue weighted by molar-refractivity contribution is -0.145. The molecule has 3 fully saturated rings. The summed E-state index contributed by atoms with van der Waals surface area (Å²) in [6, 6.07) is 0.00260. The summed E-state index contributed by atoms with van der Waals surface area (Å²) in [6.45, 7) is 2.02. The number of likely N-dealkylation sites (tertiary alicyclic amines) is 1. The van der Waals surface area contributed by atoms with E-state index < -0.39 is 5.97 Å². The molecule has 106 valence electrons. The monoisotopic (exact) mass is 266 g/mol. The minimum atomic E-state index is -0.696.